The molecular weight excluding hydrogens is 338 g/mol. The van der Waals surface area contributed by atoms with Crippen LogP contribution in [0.15, 0.2) is 34.7 Å². The summed E-state index contributed by atoms with van der Waals surface area (Å²) < 4.78 is 0. The molecule has 2 atom stereocenters. The van der Waals surface area contributed by atoms with E-state index in [1.54, 1.807) is 23.5 Å². The standard InChI is InChI=1S/C15H16ClN3OS2/c1-10(22-14-7-6-13(16)17-18-14)15(20)19-8-2-4-11(19)12-5-3-9-21-12/h3,5-7,9-11H,2,4,8H2,1H3/t10-,11+/m0/s1. The van der Waals surface area contributed by atoms with Crippen molar-refractivity contribution in [2.24, 2.45) is 0 Å². The minimum absolute atomic E-state index is 0.164. The summed E-state index contributed by atoms with van der Waals surface area (Å²) in [7, 11) is 0. The fourth-order valence-corrected chi connectivity index (χ4v) is 4.45. The van der Waals surface area contributed by atoms with Crippen LogP contribution in [0.2, 0.25) is 5.15 Å². The molecule has 0 bridgehead atoms. The molecule has 1 fully saturated rings. The van der Waals surface area contributed by atoms with Gasteiger partial charge in [-0.3, -0.25) is 4.79 Å². The molecule has 2 aromatic rings. The van der Waals surface area contributed by atoms with Crippen LogP contribution in [0, 0.1) is 0 Å². The van der Waals surface area contributed by atoms with Gasteiger partial charge < -0.3 is 4.90 Å². The minimum Gasteiger partial charge on any atom is -0.334 e. The Morgan fingerprint density at radius 2 is 2.32 bits per heavy atom. The summed E-state index contributed by atoms with van der Waals surface area (Å²) in [5.41, 5.74) is 0. The Balaban J connectivity index is 1.68. The Hall–Kier alpha value is -1.11. The Bertz CT molecular complexity index is 633. The van der Waals surface area contributed by atoms with E-state index < -0.39 is 0 Å². The van der Waals surface area contributed by atoms with Crippen molar-refractivity contribution in [1.82, 2.24) is 15.1 Å². The van der Waals surface area contributed by atoms with Crippen LogP contribution in [-0.4, -0.2) is 32.8 Å². The fraction of sp³-hybridized carbons (Fsp3) is 0.400. The van der Waals surface area contributed by atoms with Crippen LogP contribution in [0.1, 0.15) is 30.7 Å². The lowest BCUT2D eigenvalue weighted by Gasteiger charge is -2.26. The summed E-state index contributed by atoms with van der Waals surface area (Å²) in [4.78, 5) is 16.0. The van der Waals surface area contributed by atoms with E-state index in [2.05, 4.69) is 21.6 Å². The van der Waals surface area contributed by atoms with Gasteiger partial charge in [-0.1, -0.05) is 29.4 Å². The topological polar surface area (TPSA) is 46.1 Å². The molecule has 0 radical (unpaired) electrons. The lowest BCUT2D eigenvalue weighted by Crippen LogP contribution is -2.35. The zero-order chi connectivity index (χ0) is 15.5. The first kappa shape index (κ1) is 15.8. The smallest absolute Gasteiger partial charge is 0.236 e. The Morgan fingerprint density at radius 1 is 1.45 bits per heavy atom. The van der Waals surface area contributed by atoms with E-state index in [1.165, 1.54) is 16.6 Å². The molecule has 1 saturated heterocycles. The van der Waals surface area contributed by atoms with E-state index in [-0.39, 0.29) is 17.2 Å². The highest BCUT2D eigenvalue weighted by atomic mass is 35.5. The quantitative estimate of drug-likeness (QED) is 0.778. The summed E-state index contributed by atoms with van der Waals surface area (Å²) in [6.45, 7) is 2.76. The fourth-order valence-electron chi connectivity index (χ4n) is 2.64. The zero-order valence-corrected chi connectivity index (χ0v) is 14.5. The van der Waals surface area contributed by atoms with Crippen LogP contribution in [0.3, 0.4) is 0 Å². The molecule has 0 unspecified atom stereocenters. The average Bonchev–Trinajstić information content (AvgIpc) is 3.19. The largest absolute Gasteiger partial charge is 0.334 e. The highest BCUT2D eigenvalue weighted by Crippen LogP contribution is 2.36. The number of thioether (sulfide) groups is 1. The second-order valence-corrected chi connectivity index (χ2v) is 7.89. The van der Waals surface area contributed by atoms with Crippen molar-refractivity contribution in [3.63, 3.8) is 0 Å². The van der Waals surface area contributed by atoms with E-state index in [4.69, 9.17) is 11.6 Å². The van der Waals surface area contributed by atoms with E-state index in [0.29, 0.717) is 5.15 Å². The van der Waals surface area contributed by atoms with Crippen molar-refractivity contribution >= 4 is 40.6 Å². The molecule has 2 aromatic heterocycles. The van der Waals surface area contributed by atoms with Gasteiger partial charge in [0.25, 0.3) is 0 Å². The van der Waals surface area contributed by atoms with Crippen LogP contribution in [0.4, 0.5) is 0 Å². The maximum Gasteiger partial charge on any atom is 0.236 e. The number of rotatable bonds is 4. The van der Waals surface area contributed by atoms with Gasteiger partial charge >= 0.3 is 0 Å². The van der Waals surface area contributed by atoms with Crippen molar-refractivity contribution in [2.75, 3.05) is 6.54 Å². The molecule has 3 heterocycles. The first-order valence-corrected chi connectivity index (χ1v) is 9.28. The second kappa shape index (κ2) is 6.98. The third-order valence-electron chi connectivity index (χ3n) is 3.66. The molecule has 1 amide bonds. The number of amides is 1. The Kier molecular flexibility index (Phi) is 5.00. The molecule has 0 aromatic carbocycles. The third kappa shape index (κ3) is 3.45. The summed E-state index contributed by atoms with van der Waals surface area (Å²) in [6.07, 6.45) is 2.11. The van der Waals surface area contributed by atoms with Gasteiger partial charge in [0.05, 0.1) is 11.3 Å². The summed E-state index contributed by atoms with van der Waals surface area (Å²) in [5.74, 6) is 0.164. The Morgan fingerprint density at radius 3 is 3.00 bits per heavy atom. The maximum atomic E-state index is 12.8. The number of hydrogen-bond donors (Lipinski definition) is 0. The van der Waals surface area contributed by atoms with Crippen molar-refractivity contribution in [2.45, 2.75) is 36.1 Å². The number of carbonyl (C=O) groups is 1. The van der Waals surface area contributed by atoms with Crippen molar-refractivity contribution < 1.29 is 4.79 Å². The minimum atomic E-state index is -0.184. The number of aromatic nitrogens is 2. The van der Waals surface area contributed by atoms with Gasteiger partial charge in [0.1, 0.15) is 5.03 Å². The van der Waals surface area contributed by atoms with Gasteiger partial charge in [-0.2, -0.15) is 0 Å². The molecule has 22 heavy (non-hydrogen) atoms. The van der Waals surface area contributed by atoms with E-state index in [9.17, 15) is 4.79 Å². The maximum absolute atomic E-state index is 12.8. The SMILES string of the molecule is C[C@H](Sc1ccc(Cl)nn1)C(=O)N1CCC[C@@H]1c1cccs1. The molecular formula is C15H16ClN3OS2. The van der Waals surface area contributed by atoms with Crippen LogP contribution in [0.5, 0.6) is 0 Å². The van der Waals surface area contributed by atoms with Crippen molar-refractivity contribution in [1.29, 1.82) is 0 Å². The molecule has 0 spiro atoms. The van der Waals surface area contributed by atoms with Gasteiger partial charge in [0, 0.05) is 11.4 Å². The molecule has 0 N–H and O–H groups in total. The van der Waals surface area contributed by atoms with E-state index in [1.807, 2.05) is 17.9 Å². The lowest BCUT2D eigenvalue weighted by atomic mass is 10.2. The van der Waals surface area contributed by atoms with E-state index in [0.717, 1.165) is 24.4 Å². The molecule has 3 rings (SSSR count). The lowest BCUT2D eigenvalue weighted by molar-refractivity contribution is -0.131. The molecule has 1 aliphatic rings. The summed E-state index contributed by atoms with van der Waals surface area (Å²) in [6, 6.07) is 7.88. The first-order valence-electron chi connectivity index (χ1n) is 7.15. The normalized spacial score (nSPS) is 19.4. The van der Waals surface area contributed by atoms with Crippen LogP contribution in [-0.2, 0) is 4.79 Å². The molecule has 0 saturated carbocycles. The highest BCUT2D eigenvalue weighted by Gasteiger charge is 2.33. The zero-order valence-electron chi connectivity index (χ0n) is 12.1. The monoisotopic (exact) mass is 353 g/mol. The number of thiophene rings is 1. The predicted octanol–water partition coefficient (Wildman–Crippen LogP) is 4.04. The molecule has 0 aliphatic carbocycles. The van der Waals surface area contributed by atoms with Gasteiger partial charge in [-0.15, -0.1) is 21.5 Å². The molecule has 4 nitrogen and oxygen atoms in total. The highest BCUT2D eigenvalue weighted by molar-refractivity contribution is 8.00. The van der Waals surface area contributed by atoms with Gasteiger partial charge in [0.2, 0.25) is 5.91 Å². The molecule has 7 heteroatoms. The van der Waals surface area contributed by atoms with Crippen LogP contribution in [0.25, 0.3) is 0 Å². The average molecular weight is 354 g/mol. The second-order valence-electron chi connectivity index (χ2n) is 5.16. The Labute approximate surface area is 142 Å². The van der Waals surface area contributed by atoms with Crippen LogP contribution >= 0.6 is 34.7 Å². The number of hydrogen-bond acceptors (Lipinski definition) is 5. The number of halogens is 1. The number of nitrogens with zero attached hydrogens (tertiary/aromatic N) is 3. The predicted molar refractivity (Wildman–Crippen MR) is 90.4 cm³/mol. The van der Waals surface area contributed by atoms with Gasteiger partial charge in [-0.25, -0.2) is 0 Å². The molecule has 1 aliphatic heterocycles. The van der Waals surface area contributed by atoms with Crippen molar-refractivity contribution in [3.8, 4) is 0 Å². The van der Waals surface area contributed by atoms with Gasteiger partial charge in [0.15, 0.2) is 5.15 Å². The summed E-state index contributed by atoms with van der Waals surface area (Å²) in [5, 5.41) is 10.8. The van der Waals surface area contributed by atoms with Crippen LogP contribution < -0.4 is 0 Å². The first-order chi connectivity index (χ1) is 10.6. The molecule has 116 valence electrons. The number of carbonyl (C=O) groups excluding carboxylic acids is 1. The summed E-state index contributed by atoms with van der Waals surface area (Å²) >= 11 is 8.88. The van der Waals surface area contributed by atoms with E-state index >= 15 is 0 Å². The van der Waals surface area contributed by atoms with Gasteiger partial charge in [-0.05, 0) is 43.3 Å². The number of likely N-dealkylation sites (tertiary alicyclic amines) is 1. The van der Waals surface area contributed by atoms with Crippen molar-refractivity contribution in [3.05, 3.63) is 39.7 Å². The third-order valence-corrected chi connectivity index (χ3v) is 5.85.